The van der Waals surface area contributed by atoms with Gasteiger partial charge in [-0.15, -0.1) is 34.0 Å². The van der Waals surface area contributed by atoms with Gasteiger partial charge in [0.25, 0.3) is 0 Å². The van der Waals surface area contributed by atoms with Crippen molar-refractivity contribution in [2.45, 2.75) is 20.3 Å². The SMILES string of the molecule is CC(C)=CCc1ccc(-c2ccc(-c3cccs3)s2)s1. The third kappa shape index (κ3) is 3.11. The molecule has 0 aliphatic heterocycles. The molecule has 3 heterocycles. The zero-order chi connectivity index (χ0) is 13.9. The normalized spacial score (nSPS) is 10.7. The second kappa shape index (κ2) is 6.08. The van der Waals surface area contributed by atoms with E-state index in [1.54, 1.807) is 0 Å². The molecule has 3 aromatic rings. The van der Waals surface area contributed by atoms with Crippen LogP contribution in [0.15, 0.2) is 53.4 Å². The largest absolute Gasteiger partial charge is 0.143 e. The van der Waals surface area contributed by atoms with Gasteiger partial charge in [0.1, 0.15) is 0 Å². The maximum Gasteiger partial charge on any atom is 0.0449 e. The highest BCUT2D eigenvalue weighted by Crippen LogP contribution is 2.39. The summed E-state index contributed by atoms with van der Waals surface area (Å²) in [5.41, 5.74) is 1.39. The van der Waals surface area contributed by atoms with E-state index in [2.05, 4.69) is 61.7 Å². The van der Waals surface area contributed by atoms with Crippen LogP contribution in [0, 0.1) is 0 Å². The van der Waals surface area contributed by atoms with Crippen LogP contribution in [0.2, 0.25) is 0 Å². The van der Waals surface area contributed by atoms with Crippen molar-refractivity contribution in [2.75, 3.05) is 0 Å². The van der Waals surface area contributed by atoms with Gasteiger partial charge in [-0.2, -0.15) is 0 Å². The van der Waals surface area contributed by atoms with E-state index < -0.39 is 0 Å². The number of allylic oxidation sites excluding steroid dienone is 2. The van der Waals surface area contributed by atoms with Gasteiger partial charge in [0, 0.05) is 24.4 Å². The first-order valence-electron chi connectivity index (χ1n) is 6.58. The zero-order valence-corrected chi connectivity index (χ0v) is 14.0. The zero-order valence-electron chi connectivity index (χ0n) is 11.6. The Bertz CT molecular complexity index is 707. The van der Waals surface area contributed by atoms with E-state index >= 15 is 0 Å². The maximum absolute atomic E-state index is 2.29. The highest BCUT2D eigenvalue weighted by molar-refractivity contribution is 7.26. The minimum absolute atomic E-state index is 1.05. The fourth-order valence-corrected chi connectivity index (χ4v) is 4.85. The summed E-state index contributed by atoms with van der Waals surface area (Å²) in [6, 6.07) is 13.3. The van der Waals surface area contributed by atoms with Crippen molar-refractivity contribution in [2.24, 2.45) is 0 Å². The van der Waals surface area contributed by atoms with E-state index in [1.807, 2.05) is 34.0 Å². The average Bonchev–Trinajstić information content (AvgIpc) is 3.15. The standard InChI is InChI=1S/C17H16S3/c1-12(2)5-6-13-7-8-16(19-13)17-10-9-15(20-17)14-4-3-11-18-14/h3-5,7-11H,6H2,1-2H3. The molecule has 3 aromatic heterocycles. The van der Waals surface area contributed by atoms with Crippen molar-refractivity contribution < 1.29 is 0 Å². The molecular formula is C17H16S3. The van der Waals surface area contributed by atoms with E-state index in [4.69, 9.17) is 0 Å². The van der Waals surface area contributed by atoms with Crippen molar-refractivity contribution in [3.05, 3.63) is 58.3 Å². The van der Waals surface area contributed by atoms with Crippen LogP contribution in [0.1, 0.15) is 18.7 Å². The van der Waals surface area contributed by atoms with Gasteiger partial charge in [0.2, 0.25) is 0 Å². The predicted molar refractivity (Wildman–Crippen MR) is 94.1 cm³/mol. The second-order valence-corrected chi connectivity index (χ2v) is 8.09. The van der Waals surface area contributed by atoms with Crippen LogP contribution in [0.4, 0.5) is 0 Å². The summed E-state index contributed by atoms with van der Waals surface area (Å²) in [7, 11) is 0. The lowest BCUT2D eigenvalue weighted by molar-refractivity contribution is 1.25. The Kier molecular flexibility index (Phi) is 4.20. The van der Waals surface area contributed by atoms with Gasteiger partial charge < -0.3 is 0 Å². The van der Waals surface area contributed by atoms with Crippen LogP contribution >= 0.6 is 34.0 Å². The third-order valence-corrected chi connectivity index (χ3v) is 6.44. The first-order chi connectivity index (χ1) is 9.72. The predicted octanol–water partition coefficient (Wildman–Crippen LogP) is 6.71. The van der Waals surface area contributed by atoms with Gasteiger partial charge >= 0.3 is 0 Å². The molecule has 0 N–H and O–H groups in total. The first kappa shape index (κ1) is 13.8. The Morgan fingerprint density at radius 3 is 2.30 bits per heavy atom. The van der Waals surface area contributed by atoms with Gasteiger partial charge in [-0.1, -0.05) is 17.7 Å². The van der Waals surface area contributed by atoms with Gasteiger partial charge in [-0.05, 0) is 56.0 Å². The molecule has 0 aliphatic rings. The van der Waals surface area contributed by atoms with Crippen molar-refractivity contribution in [1.82, 2.24) is 0 Å². The highest BCUT2D eigenvalue weighted by Gasteiger charge is 2.07. The van der Waals surface area contributed by atoms with E-state index in [-0.39, 0.29) is 0 Å². The average molecular weight is 317 g/mol. The molecule has 0 bridgehead atoms. The van der Waals surface area contributed by atoms with E-state index in [1.165, 1.54) is 30.0 Å². The minimum atomic E-state index is 1.05. The molecule has 0 unspecified atom stereocenters. The van der Waals surface area contributed by atoms with Gasteiger partial charge in [0.15, 0.2) is 0 Å². The lowest BCUT2D eigenvalue weighted by atomic mass is 10.2. The monoisotopic (exact) mass is 316 g/mol. The maximum atomic E-state index is 2.29. The molecule has 0 saturated heterocycles. The van der Waals surface area contributed by atoms with E-state index in [0.29, 0.717) is 0 Å². The summed E-state index contributed by atoms with van der Waals surface area (Å²) in [5.74, 6) is 0. The van der Waals surface area contributed by atoms with Gasteiger partial charge in [0.05, 0.1) is 0 Å². The molecule has 3 heteroatoms. The number of thiophene rings is 3. The molecule has 0 nitrogen and oxygen atoms in total. The fraction of sp³-hybridized carbons (Fsp3) is 0.176. The number of hydrogen-bond acceptors (Lipinski definition) is 3. The van der Waals surface area contributed by atoms with Crippen LogP contribution in [0.25, 0.3) is 19.5 Å². The summed E-state index contributed by atoms with van der Waals surface area (Å²) in [6.45, 7) is 4.31. The van der Waals surface area contributed by atoms with Crippen LogP contribution in [-0.4, -0.2) is 0 Å². The quantitative estimate of drug-likeness (QED) is 0.469. The molecule has 0 atom stereocenters. The van der Waals surface area contributed by atoms with E-state index in [0.717, 1.165) is 6.42 Å². The van der Waals surface area contributed by atoms with Crippen LogP contribution in [0.3, 0.4) is 0 Å². The highest BCUT2D eigenvalue weighted by atomic mass is 32.1. The summed E-state index contributed by atoms with van der Waals surface area (Å²) in [5, 5.41) is 2.14. The Morgan fingerprint density at radius 2 is 1.60 bits per heavy atom. The Hall–Kier alpha value is -1.16. The number of hydrogen-bond donors (Lipinski definition) is 0. The molecule has 0 aromatic carbocycles. The third-order valence-electron chi connectivity index (χ3n) is 2.99. The summed E-state index contributed by atoms with van der Waals surface area (Å²) in [4.78, 5) is 6.93. The molecule has 20 heavy (non-hydrogen) atoms. The summed E-state index contributed by atoms with van der Waals surface area (Å²) >= 11 is 5.60. The molecule has 0 fully saturated rings. The fourth-order valence-electron chi connectivity index (χ4n) is 1.95. The molecular weight excluding hydrogens is 300 g/mol. The van der Waals surface area contributed by atoms with Gasteiger partial charge in [-0.3, -0.25) is 0 Å². The molecule has 0 saturated carbocycles. The number of rotatable bonds is 4. The molecule has 0 spiro atoms. The van der Waals surface area contributed by atoms with Crippen LogP contribution in [-0.2, 0) is 6.42 Å². The Labute approximate surface area is 132 Å². The molecule has 0 aliphatic carbocycles. The molecule has 3 rings (SSSR count). The van der Waals surface area contributed by atoms with Crippen molar-refractivity contribution in [3.63, 3.8) is 0 Å². The molecule has 0 amide bonds. The van der Waals surface area contributed by atoms with Crippen molar-refractivity contribution in [3.8, 4) is 19.5 Å². The molecule has 0 radical (unpaired) electrons. The lowest BCUT2D eigenvalue weighted by Crippen LogP contribution is -1.73. The summed E-state index contributed by atoms with van der Waals surface area (Å²) < 4.78 is 0. The summed E-state index contributed by atoms with van der Waals surface area (Å²) in [6.07, 6.45) is 3.34. The van der Waals surface area contributed by atoms with Crippen LogP contribution < -0.4 is 0 Å². The second-order valence-electron chi connectivity index (χ2n) is 4.89. The smallest absolute Gasteiger partial charge is 0.0449 e. The first-order valence-corrected chi connectivity index (χ1v) is 9.10. The van der Waals surface area contributed by atoms with E-state index in [9.17, 15) is 0 Å². The van der Waals surface area contributed by atoms with Crippen molar-refractivity contribution >= 4 is 34.0 Å². The molecule has 102 valence electrons. The van der Waals surface area contributed by atoms with Gasteiger partial charge in [-0.25, -0.2) is 0 Å². The Morgan fingerprint density at radius 1 is 0.900 bits per heavy atom. The van der Waals surface area contributed by atoms with Crippen molar-refractivity contribution in [1.29, 1.82) is 0 Å². The van der Waals surface area contributed by atoms with Crippen LogP contribution in [0.5, 0.6) is 0 Å². The minimum Gasteiger partial charge on any atom is -0.143 e. The lowest BCUT2D eigenvalue weighted by Gasteiger charge is -1.92. The Balaban J connectivity index is 1.81. The topological polar surface area (TPSA) is 0 Å².